The fourth-order valence-electron chi connectivity index (χ4n) is 1.69. The largest absolute Gasteiger partial charge is 0.385 e. The molecule has 0 aliphatic rings. The molecule has 1 unspecified atom stereocenters. The van der Waals surface area contributed by atoms with Crippen LogP contribution in [0.15, 0.2) is 30.3 Å². The molecule has 0 heterocycles. The molecule has 0 bridgehead atoms. The minimum absolute atomic E-state index is 0.167. The van der Waals surface area contributed by atoms with Gasteiger partial charge in [0.25, 0.3) is 0 Å². The van der Waals surface area contributed by atoms with E-state index in [0.29, 0.717) is 13.2 Å². The van der Waals surface area contributed by atoms with Crippen LogP contribution >= 0.6 is 0 Å². The topological polar surface area (TPSA) is 53.3 Å². The molecular weight excluding hydrogens is 228 g/mol. The molecule has 4 heteroatoms. The lowest BCUT2D eigenvalue weighted by Gasteiger charge is -2.20. The zero-order valence-corrected chi connectivity index (χ0v) is 10.8. The van der Waals surface area contributed by atoms with E-state index in [9.17, 15) is 4.79 Å². The number of carbonyl (C=O) groups is 1. The van der Waals surface area contributed by atoms with Gasteiger partial charge in [-0.15, -0.1) is 0 Å². The Kier molecular flexibility index (Phi) is 5.89. The van der Waals surface area contributed by atoms with Gasteiger partial charge in [-0.3, -0.25) is 4.79 Å². The highest BCUT2D eigenvalue weighted by Crippen LogP contribution is 2.17. The third kappa shape index (κ3) is 3.86. The van der Waals surface area contributed by atoms with E-state index in [2.05, 4.69) is 6.07 Å². The summed E-state index contributed by atoms with van der Waals surface area (Å²) in [5.41, 5.74) is 0.739. The number of nitriles is 1. The Morgan fingerprint density at radius 2 is 2.11 bits per heavy atom. The van der Waals surface area contributed by atoms with Crippen molar-refractivity contribution in [3.05, 3.63) is 35.9 Å². The summed E-state index contributed by atoms with van der Waals surface area (Å²) in [6, 6.07) is 11.2. The van der Waals surface area contributed by atoms with Crippen molar-refractivity contribution in [1.82, 2.24) is 4.90 Å². The Morgan fingerprint density at radius 1 is 1.44 bits per heavy atom. The maximum Gasteiger partial charge on any atom is 0.244 e. The highest BCUT2D eigenvalue weighted by molar-refractivity contribution is 5.86. The Hall–Kier alpha value is -1.86. The van der Waals surface area contributed by atoms with E-state index in [1.165, 1.54) is 0 Å². The van der Waals surface area contributed by atoms with Crippen molar-refractivity contribution in [1.29, 1.82) is 5.26 Å². The summed E-state index contributed by atoms with van der Waals surface area (Å²) in [7, 11) is 3.34. The summed E-state index contributed by atoms with van der Waals surface area (Å²) in [5.74, 6) is -0.890. The van der Waals surface area contributed by atoms with E-state index in [4.69, 9.17) is 10.00 Å². The summed E-state index contributed by atoms with van der Waals surface area (Å²) in [4.78, 5) is 13.7. The van der Waals surface area contributed by atoms with E-state index < -0.39 is 5.92 Å². The van der Waals surface area contributed by atoms with Crippen LogP contribution in [0.1, 0.15) is 17.9 Å². The van der Waals surface area contributed by atoms with Gasteiger partial charge in [0.1, 0.15) is 5.92 Å². The summed E-state index contributed by atoms with van der Waals surface area (Å²) in [6.07, 6.45) is 0.770. The van der Waals surface area contributed by atoms with Crippen LogP contribution in [-0.2, 0) is 9.53 Å². The predicted molar refractivity (Wildman–Crippen MR) is 68.9 cm³/mol. The molecule has 1 amide bonds. The quantitative estimate of drug-likeness (QED) is 0.719. The van der Waals surface area contributed by atoms with Gasteiger partial charge in [0, 0.05) is 27.3 Å². The van der Waals surface area contributed by atoms with Crippen molar-refractivity contribution in [3.8, 4) is 6.07 Å². The predicted octanol–water partition coefficient (Wildman–Crippen LogP) is 1.79. The zero-order chi connectivity index (χ0) is 13.4. The Labute approximate surface area is 108 Å². The van der Waals surface area contributed by atoms with Gasteiger partial charge in [-0.25, -0.2) is 0 Å². The molecule has 1 aromatic rings. The fourth-order valence-corrected chi connectivity index (χ4v) is 1.69. The number of hydrogen-bond acceptors (Lipinski definition) is 3. The molecule has 0 saturated carbocycles. The number of hydrogen-bond donors (Lipinski definition) is 0. The first kappa shape index (κ1) is 14.2. The summed E-state index contributed by atoms with van der Waals surface area (Å²) < 4.78 is 4.94. The lowest BCUT2D eigenvalue weighted by molar-refractivity contribution is -0.130. The number of benzene rings is 1. The van der Waals surface area contributed by atoms with Crippen molar-refractivity contribution in [2.75, 3.05) is 27.3 Å². The van der Waals surface area contributed by atoms with Gasteiger partial charge in [-0.1, -0.05) is 30.3 Å². The molecule has 0 spiro atoms. The average Bonchev–Trinajstić information content (AvgIpc) is 2.41. The van der Waals surface area contributed by atoms with Crippen molar-refractivity contribution in [2.45, 2.75) is 12.3 Å². The van der Waals surface area contributed by atoms with Crippen molar-refractivity contribution >= 4 is 5.91 Å². The molecule has 96 valence electrons. The number of rotatable bonds is 6. The summed E-state index contributed by atoms with van der Waals surface area (Å²) in [6.45, 7) is 1.21. The van der Waals surface area contributed by atoms with E-state index in [1.54, 1.807) is 31.2 Å². The highest BCUT2D eigenvalue weighted by atomic mass is 16.5. The standard InChI is InChI=1S/C14H18N2O2/c1-16(9-6-10-18-2)14(17)13(11-15)12-7-4-3-5-8-12/h3-5,7-8,13H,6,9-10H2,1-2H3. The molecule has 4 nitrogen and oxygen atoms in total. The Balaban J connectivity index is 2.66. The fraction of sp³-hybridized carbons (Fsp3) is 0.429. The van der Waals surface area contributed by atoms with Crippen LogP contribution in [0.25, 0.3) is 0 Å². The van der Waals surface area contributed by atoms with Crippen LogP contribution in [0.2, 0.25) is 0 Å². The second-order valence-corrected chi connectivity index (χ2v) is 4.08. The third-order valence-corrected chi connectivity index (χ3v) is 2.73. The zero-order valence-electron chi connectivity index (χ0n) is 10.8. The lowest BCUT2D eigenvalue weighted by Crippen LogP contribution is -2.32. The van der Waals surface area contributed by atoms with Crippen molar-refractivity contribution < 1.29 is 9.53 Å². The van der Waals surface area contributed by atoms with Gasteiger partial charge in [0.15, 0.2) is 0 Å². The third-order valence-electron chi connectivity index (χ3n) is 2.73. The minimum Gasteiger partial charge on any atom is -0.385 e. The van der Waals surface area contributed by atoms with Gasteiger partial charge in [0.05, 0.1) is 6.07 Å². The second kappa shape index (κ2) is 7.46. The van der Waals surface area contributed by atoms with Crippen LogP contribution in [0.3, 0.4) is 0 Å². The molecular formula is C14H18N2O2. The number of carbonyl (C=O) groups excluding carboxylic acids is 1. The average molecular weight is 246 g/mol. The van der Waals surface area contributed by atoms with Crippen molar-refractivity contribution in [2.24, 2.45) is 0 Å². The molecule has 1 aromatic carbocycles. The number of methoxy groups -OCH3 is 1. The van der Waals surface area contributed by atoms with Crippen LogP contribution in [0.5, 0.6) is 0 Å². The number of likely N-dealkylation sites (N-methyl/N-ethyl adjacent to an activating group) is 1. The molecule has 0 aromatic heterocycles. The van der Waals surface area contributed by atoms with E-state index >= 15 is 0 Å². The monoisotopic (exact) mass is 246 g/mol. The van der Waals surface area contributed by atoms with Gasteiger partial charge in [0.2, 0.25) is 5.91 Å². The highest BCUT2D eigenvalue weighted by Gasteiger charge is 2.22. The molecule has 0 aliphatic carbocycles. The molecule has 0 saturated heterocycles. The first-order valence-electron chi connectivity index (χ1n) is 5.89. The smallest absolute Gasteiger partial charge is 0.244 e. The first-order chi connectivity index (χ1) is 8.70. The number of nitrogens with zero attached hydrogens (tertiary/aromatic N) is 2. The Bertz CT molecular complexity index is 412. The van der Waals surface area contributed by atoms with Gasteiger partial charge in [-0.05, 0) is 12.0 Å². The van der Waals surface area contributed by atoms with Gasteiger partial charge < -0.3 is 9.64 Å². The van der Waals surface area contributed by atoms with Gasteiger partial charge >= 0.3 is 0 Å². The lowest BCUT2D eigenvalue weighted by atomic mass is 9.99. The molecule has 0 N–H and O–H groups in total. The van der Waals surface area contributed by atoms with Crippen LogP contribution in [0, 0.1) is 11.3 Å². The molecule has 0 radical (unpaired) electrons. The SMILES string of the molecule is COCCCN(C)C(=O)C(C#N)c1ccccc1. The maximum atomic E-state index is 12.1. The van der Waals surface area contributed by atoms with Crippen LogP contribution in [-0.4, -0.2) is 38.1 Å². The first-order valence-corrected chi connectivity index (χ1v) is 5.89. The minimum atomic E-state index is -0.723. The molecule has 0 fully saturated rings. The van der Waals surface area contributed by atoms with E-state index in [0.717, 1.165) is 12.0 Å². The Morgan fingerprint density at radius 3 is 2.67 bits per heavy atom. The molecule has 1 rings (SSSR count). The van der Waals surface area contributed by atoms with Gasteiger partial charge in [-0.2, -0.15) is 5.26 Å². The molecule has 18 heavy (non-hydrogen) atoms. The van der Waals surface area contributed by atoms with Crippen molar-refractivity contribution in [3.63, 3.8) is 0 Å². The molecule has 1 atom stereocenters. The second-order valence-electron chi connectivity index (χ2n) is 4.08. The normalized spacial score (nSPS) is 11.6. The number of ether oxygens (including phenoxy) is 1. The van der Waals surface area contributed by atoms with E-state index in [-0.39, 0.29) is 5.91 Å². The summed E-state index contributed by atoms with van der Waals surface area (Å²) >= 11 is 0. The molecule has 0 aliphatic heterocycles. The van der Waals surface area contributed by atoms with E-state index in [1.807, 2.05) is 18.2 Å². The maximum absolute atomic E-state index is 12.1. The summed E-state index contributed by atoms with van der Waals surface area (Å²) in [5, 5.41) is 9.15. The van der Waals surface area contributed by atoms with Crippen LogP contribution in [0.4, 0.5) is 0 Å². The van der Waals surface area contributed by atoms with Crippen LogP contribution < -0.4 is 0 Å². The number of amides is 1.